The summed E-state index contributed by atoms with van der Waals surface area (Å²) >= 11 is 0. The van der Waals surface area contributed by atoms with Crippen molar-refractivity contribution in [1.29, 1.82) is 0 Å². The van der Waals surface area contributed by atoms with Crippen LogP contribution in [0.2, 0.25) is 0 Å². The molecule has 0 spiro atoms. The molecule has 1 N–H and O–H groups in total. The van der Waals surface area contributed by atoms with Crippen LogP contribution in [0, 0.1) is 0 Å². The van der Waals surface area contributed by atoms with Crippen molar-refractivity contribution in [1.82, 2.24) is 10.3 Å². The molecule has 1 heterocycles. The van der Waals surface area contributed by atoms with Gasteiger partial charge < -0.3 is 9.73 Å². The van der Waals surface area contributed by atoms with Gasteiger partial charge in [-0.1, -0.05) is 0 Å². The van der Waals surface area contributed by atoms with E-state index >= 15 is 0 Å². The summed E-state index contributed by atoms with van der Waals surface area (Å²) in [6, 6.07) is 0. The first-order chi connectivity index (χ1) is 5.74. The fraction of sp³-hybridized carbons (Fsp3) is 0.571. The van der Waals surface area contributed by atoms with Gasteiger partial charge in [-0.15, -0.1) is 0 Å². The molecule has 12 heavy (non-hydrogen) atoms. The van der Waals surface area contributed by atoms with Crippen molar-refractivity contribution in [2.75, 3.05) is 13.6 Å². The monoisotopic (exact) mass is 176 g/mol. The molecule has 0 saturated heterocycles. The zero-order chi connectivity index (χ0) is 8.97. The van der Waals surface area contributed by atoms with Gasteiger partial charge in [0.25, 0.3) is 6.43 Å². The smallest absolute Gasteiger partial charge is 0.297 e. The second-order valence-corrected chi connectivity index (χ2v) is 2.31. The Kier molecular flexibility index (Phi) is 3.16. The van der Waals surface area contributed by atoms with Crippen molar-refractivity contribution in [2.24, 2.45) is 0 Å². The third-order valence-electron chi connectivity index (χ3n) is 1.38. The molecule has 1 aromatic rings. The van der Waals surface area contributed by atoms with E-state index < -0.39 is 6.43 Å². The Balaban J connectivity index is 2.52. The van der Waals surface area contributed by atoms with Gasteiger partial charge in [0, 0.05) is 13.0 Å². The normalized spacial score (nSPS) is 11.0. The van der Waals surface area contributed by atoms with Gasteiger partial charge in [-0.3, -0.25) is 0 Å². The second kappa shape index (κ2) is 4.15. The van der Waals surface area contributed by atoms with E-state index in [-0.39, 0.29) is 5.76 Å². The standard InChI is InChI=1S/C7H10F2N2O/c1-10-3-2-6-11-4-5(12-6)7(8)9/h4,7,10H,2-3H2,1H3. The highest BCUT2D eigenvalue weighted by molar-refractivity contribution is 4.95. The number of alkyl halides is 2. The van der Waals surface area contributed by atoms with Crippen molar-refractivity contribution in [2.45, 2.75) is 12.8 Å². The minimum Gasteiger partial charge on any atom is -0.440 e. The highest BCUT2D eigenvalue weighted by Gasteiger charge is 2.12. The lowest BCUT2D eigenvalue weighted by Gasteiger charge is -1.93. The van der Waals surface area contributed by atoms with Crippen LogP contribution in [0.15, 0.2) is 10.6 Å². The van der Waals surface area contributed by atoms with Crippen LogP contribution in [0.3, 0.4) is 0 Å². The Labute approximate surface area is 68.8 Å². The van der Waals surface area contributed by atoms with Gasteiger partial charge in [-0.25, -0.2) is 13.8 Å². The van der Waals surface area contributed by atoms with Crippen LogP contribution in [0.5, 0.6) is 0 Å². The van der Waals surface area contributed by atoms with E-state index in [0.29, 0.717) is 18.9 Å². The zero-order valence-electron chi connectivity index (χ0n) is 6.68. The predicted octanol–water partition coefficient (Wildman–Crippen LogP) is 1.37. The highest BCUT2D eigenvalue weighted by Crippen LogP contribution is 2.18. The van der Waals surface area contributed by atoms with Gasteiger partial charge in [0.15, 0.2) is 11.7 Å². The first-order valence-corrected chi connectivity index (χ1v) is 3.61. The van der Waals surface area contributed by atoms with Crippen LogP contribution in [-0.2, 0) is 6.42 Å². The number of hydrogen-bond donors (Lipinski definition) is 1. The van der Waals surface area contributed by atoms with Crippen molar-refractivity contribution >= 4 is 0 Å². The van der Waals surface area contributed by atoms with Crippen LogP contribution in [0.25, 0.3) is 0 Å². The summed E-state index contributed by atoms with van der Waals surface area (Å²) in [6.45, 7) is 0.670. The first-order valence-electron chi connectivity index (χ1n) is 3.61. The van der Waals surface area contributed by atoms with Gasteiger partial charge in [0.05, 0.1) is 6.20 Å². The molecular weight excluding hydrogens is 166 g/mol. The number of halogens is 2. The molecule has 0 amide bonds. The lowest BCUT2D eigenvalue weighted by molar-refractivity contribution is 0.120. The van der Waals surface area contributed by atoms with E-state index in [1.165, 1.54) is 0 Å². The molecule has 0 bridgehead atoms. The lowest BCUT2D eigenvalue weighted by atomic mass is 10.4. The summed E-state index contributed by atoms with van der Waals surface area (Å²) < 4.78 is 28.7. The van der Waals surface area contributed by atoms with Gasteiger partial charge in [0.1, 0.15) is 0 Å². The molecule has 0 fully saturated rings. The third-order valence-corrected chi connectivity index (χ3v) is 1.38. The van der Waals surface area contributed by atoms with E-state index in [1.807, 2.05) is 0 Å². The number of aromatic nitrogens is 1. The predicted molar refractivity (Wildman–Crippen MR) is 39.1 cm³/mol. The molecule has 1 rings (SSSR count). The zero-order valence-corrected chi connectivity index (χ0v) is 6.68. The van der Waals surface area contributed by atoms with E-state index in [4.69, 9.17) is 4.42 Å². The largest absolute Gasteiger partial charge is 0.440 e. The van der Waals surface area contributed by atoms with Gasteiger partial charge in [-0.05, 0) is 7.05 Å². The van der Waals surface area contributed by atoms with Crippen LogP contribution in [-0.4, -0.2) is 18.6 Å². The minimum atomic E-state index is -2.57. The minimum absolute atomic E-state index is 0.347. The van der Waals surface area contributed by atoms with E-state index in [2.05, 4.69) is 10.3 Å². The molecule has 0 saturated carbocycles. The van der Waals surface area contributed by atoms with E-state index in [1.54, 1.807) is 7.05 Å². The Hall–Kier alpha value is -0.970. The SMILES string of the molecule is CNCCc1ncc(C(F)F)o1. The molecule has 0 aliphatic carbocycles. The molecule has 0 atom stereocenters. The van der Waals surface area contributed by atoms with E-state index in [0.717, 1.165) is 6.20 Å². The molecular formula is C7H10F2N2O. The number of rotatable bonds is 4. The van der Waals surface area contributed by atoms with Crippen molar-refractivity contribution in [3.8, 4) is 0 Å². The van der Waals surface area contributed by atoms with Gasteiger partial charge >= 0.3 is 0 Å². The van der Waals surface area contributed by atoms with Crippen LogP contribution in [0.1, 0.15) is 18.1 Å². The van der Waals surface area contributed by atoms with Crippen molar-refractivity contribution in [3.05, 3.63) is 17.8 Å². The third kappa shape index (κ3) is 2.27. The number of likely N-dealkylation sites (N-methyl/N-ethyl adjacent to an activating group) is 1. The second-order valence-electron chi connectivity index (χ2n) is 2.31. The Morgan fingerprint density at radius 1 is 1.67 bits per heavy atom. The average Bonchev–Trinajstić information content (AvgIpc) is 2.48. The van der Waals surface area contributed by atoms with E-state index in [9.17, 15) is 8.78 Å². The number of nitrogens with zero attached hydrogens (tertiary/aromatic N) is 1. The summed E-state index contributed by atoms with van der Waals surface area (Å²) in [7, 11) is 1.77. The average molecular weight is 176 g/mol. The maximum atomic E-state index is 12.0. The summed E-state index contributed by atoms with van der Waals surface area (Å²) in [5.41, 5.74) is 0. The number of oxazole rings is 1. The first kappa shape index (κ1) is 9.12. The number of hydrogen-bond acceptors (Lipinski definition) is 3. The summed E-state index contributed by atoms with van der Waals surface area (Å²) in [6.07, 6.45) is -0.973. The lowest BCUT2D eigenvalue weighted by Crippen LogP contribution is -2.10. The molecule has 3 nitrogen and oxygen atoms in total. The topological polar surface area (TPSA) is 38.1 Å². The fourth-order valence-electron chi connectivity index (χ4n) is 0.773. The van der Waals surface area contributed by atoms with Crippen LogP contribution < -0.4 is 5.32 Å². The van der Waals surface area contributed by atoms with Crippen LogP contribution >= 0.6 is 0 Å². The molecule has 68 valence electrons. The summed E-state index contributed by atoms with van der Waals surface area (Å²) in [5.74, 6) is -0.0132. The Morgan fingerprint density at radius 2 is 2.42 bits per heavy atom. The van der Waals surface area contributed by atoms with Crippen molar-refractivity contribution < 1.29 is 13.2 Å². The molecule has 0 aromatic carbocycles. The maximum absolute atomic E-state index is 12.0. The van der Waals surface area contributed by atoms with Crippen LogP contribution in [0.4, 0.5) is 8.78 Å². The summed E-state index contributed by atoms with van der Waals surface area (Å²) in [5, 5.41) is 2.87. The van der Waals surface area contributed by atoms with Crippen molar-refractivity contribution in [3.63, 3.8) is 0 Å². The molecule has 0 aliphatic rings. The Bertz CT molecular complexity index is 237. The maximum Gasteiger partial charge on any atom is 0.297 e. The fourth-order valence-corrected chi connectivity index (χ4v) is 0.773. The molecule has 5 heteroatoms. The quantitative estimate of drug-likeness (QED) is 0.753. The van der Waals surface area contributed by atoms with Gasteiger partial charge in [0.2, 0.25) is 0 Å². The number of nitrogens with one attached hydrogen (secondary N) is 1. The molecule has 0 radical (unpaired) electrons. The molecule has 0 unspecified atom stereocenters. The molecule has 1 aromatic heterocycles. The highest BCUT2D eigenvalue weighted by atomic mass is 19.3. The van der Waals surface area contributed by atoms with Gasteiger partial charge in [-0.2, -0.15) is 0 Å². The summed E-state index contributed by atoms with van der Waals surface area (Å²) in [4.78, 5) is 3.69. The molecule has 0 aliphatic heterocycles. The Morgan fingerprint density at radius 3 is 2.92 bits per heavy atom.